The Bertz CT molecular complexity index is 615. The highest BCUT2D eigenvalue weighted by Gasteiger charge is 2.24. The van der Waals surface area contributed by atoms with Crippen LogP contribution in [0.25, 0.3) is 6.08 Å². The van der Waals surface area contributed by atoms with Gasteiger partial charge < -0.3 is 10.2 Å². The number of nitriles is 1. The zero-order chi connectivity index (χ0) is 16.1. The predicted molar refractivity (Wildman–Crippen MR) is 91.9 cm³/mol. The Hall–Kier alpha value is -2.28. The van der Waals surface area contributed by atoms with Crippen molar-refractivity contribution in [3.63, 3.8) is 0 Å². The molecule has 0 spiro atoms. The van der Waals surface area contributed by atoms with Gasteiger partial charge >= 0.3 is 0 Å². The fourth-order valence-electron chi connectivity index (χ4n) is 2.92. The maximum atomic E-state index is 12.0. The van der Waals surface area contributed by atoms with E-state index in [4.69, 9.17) is 0 Å². The number of rotatable bonds is 4. The fraction of sp³-hybridized carbons (Fsp3) is 0.474. The molecular formula is C19H23N3O. The molecule has 0 bridgehead atoms. The first-order chi connectivity index (χ1) is 11.3. The summed E-state index contributed by atoms with van der Waals surface area (Å²) in [6.45, 7) is 2.23. The first-order valence-corrected chi connectivity index (χ1v) is 8.54. The highest BCUT2D eigenvalue weighted by molar-refractivity contribution is 6.02. The van der Waals surface area contributed by atoms with Crippen molar-refractivity contribution in [2.45, 2.75) is 44.6 Å². The Morgan fingerprint density at radius 3 is 2.35 bits per heavy atom. The van der Waals surface area contributed by atoms with Gasteiger partial charge in [0.25, 0.3) is 5.91 Å². The Kier molecular flexibility index (Phi) is 4.97. The lowest BCUT2D eigenvalue weighted by Gasteiger charge is -2.22. The van der Waals surface area contributed by atoms with Crippen LogP contribution in [0.15, 0.2) is 29.8 Å². The van der Waals surface area contributed by atoms with Crippen molar-refractivity contribution in [2.75, 3.05) is 18.0 Å². The summed E-state index contributed by atoms with van der Waals surface area (Å²) in [6, 6.07) is 10.4. The third kappa shape index (κ3) is 4.35. The molecule has 1 aromatic rings. The molecular weight excluding hydrogens is 286 g/mol. The van der Waals surface area contributed by atoms with E-state index in [0.29, 0.717) is 0 Å². The summed E-state index contributed by atoms with van der Waals surface area (Å²) in [4.78, 5) is 14.4. The molecule has 4 nitrogen and oxygen atoms in total. The van der Waals surface area contributed by atoms with Crippen LogP contribution in [0.5, 0.6) is 0 Å². The van der Waals surface area contributed by atoms with E-state index in [0.717, 1.165) is 31.5 Å². The van der Waals surface area contributed by atoms with Gasteiger partial charge in [0.2, 0.25) is 0 Å². The number of carbonyl (C=O) groups excluding carboxylic acids is 1. The molecule has 3 rings (SSSR count). The minimum Gasteiger partial charge on any atom is -0.372 e. The topological polar surface area (TPSA) is 56.1 Å². The highest BCUT2D eigenvalue weighted by Crippen LogP contribution is 2.22. The lowest BCUT2D eigenvalue weighted by Crippen LogP contribution is -2.26. The molecule has 2 fully saturated rings. The Labute approximate surface area is 137 Å². The summed E-state index contributed by atoms with van der Waals surface area (Å²) in [6.07, 6.45) is 8.86. The zero-order valence-corrected chi connectivity index (χ0v) is 13.4. The van der Waals surface area contributed by atoms with Crippen LogP contribution in [0.2, 0.25) is 0 Å². The molecule has 1 heterocycles. The molecule has 0 atom stereocenters. The van der Waals surface area contributed by atoms with E-state index in [1.807, 2.05) is 18.2 Å². The molecule has 1 aliphatic heterocycles. The molecule has 0 radical (unpaired) electrons. The van der Waals surface area contributed by atoms with Gasteiger partial charge in [-0.15, -0.1) is 0 Å². The van der Waals surface area contributed by atoms with E-state index in [9.17, 15) is 10.1 Å². The molecule has 2 aliphatic rings. The zero-order valence-electron chi connectivity index (χ0n) is 13.4. The molecule has 23 heavy (non-hydrogen) atoms. The van der Waals surface area contributed by atoms with Crippen LogP contribution in [0.1, 0.15) is 44.1 Å². The Balaban J connectivity index is 1.68. The quantitative estimate of drug-likeness (QED) is 0.686. The van der Waals surface area contributed by atoms with E-state index in [-0.39, 0.29) is 17.5 Å². The minimum absolute atomic E-state index is 0.180. The summed E-state index contributed by atoms with van der Waals surface area (Å²) in [5.74, 6) is -0.258. The van der Waals surface area contributed by atoms with Crippen molar-refractivity contribution in [2.24, 2.45) is 0 Å². The largest absolute Gasteiger partial charge is 0.372 e. The van der Waals surface area contributed by atoms with Crippen molar-refractivity contribution in [1.29, 1.82) is 5.26 Å². The van der Waals surface area contributed by atoms with E-state index < -0.39 is 0 Å². The normalized spacial score (nSPS) is 18.9. The van der Waals surface area contributed by atoms with Gasteiger partial charge in [-0.1, -0.05) is 25.0 Å². The molecule has 120 valence electrons. The van der Waals surface area contributed by atoms with Crippen molar-refractivity contribution in [3.05, 3.63) is 35.4 Å². The number of amides is 1. The average Bonchev–Trinajstić information content (AvgIpc) is 3.39. The van der Waals surface area contributed by atoms with Crippen LogP contribution < -0.4 is 10.2 Å². The van der Waals surface area contributed by atoms with Gasteiger partial charge in [0, 0.05) is 24.8 Å². The molecule has 1 amide bonds. The summed E-state index contributed by atoms with van der Waals surface area (Å²) >= 11 is 0. The van der Waals surface area contributed by atoms with Crippen molar-refractivity contribution in [1.82, 2.24) is 5.32 Å². The number of nitrogens with one attached hydrogen (secondary N) is 1. The lowest BCUT2D eigenvalue weighted by molar-refractivity contribution is -0.117. The SMILES string of the molecule is N#C/C(=C\c1ccc(N2CCCCCC2)cc1)C(=O)NC1CC1. The number of hydrogen-bond acceptors (Lipinski definition) is 3. The van der Waals surface area contributed by atoms with E-state index in [1.165, 1.54) is 31.4 Å². The number of anilines is 1. The Morgan fingerprint density at radius 1 is 1.13 bits per heavy atom. The van der Waals surface area contributed by atoms with Gasteiger partial charge in [-0.25, -0.2) is 0 Å². The minimum atomic E-state index is -0.258. The van der Waals surface area contributed by atoms with Gasteiger partial charge in [0.05, 0.1) is 0 Å². The number of hydrogen-bond donors (Lipinski definition) is 1. The first-order valence-electron chi connectivity index (χ1n) is 8.54. The van der Waals surface area contributed by atoms with E-state index in [2.05, 4.69) is 22.3 Å². The maximum Gasteiger partial charge on any atom is 0.262 e. The Morgan fingerprint density at radius 2 is 1.78 bits per heavy atom. The van der Waals surface area contributed by atoms with E-state index >= 15 is 0 Å². The van der Waals surface area contributed by atoms with Crippen LogP contribution in [0.4, 0.5) is 5.69 Å². The average molecular weight is 309 g/mol. The van der Waals surface area contributed by atoms with Crippen molar-refractivity contribution >= 4 is 17.7 Å². The number of benzene rings is 1. The highest BCUT2D eigenvalue weighted by atomic mass is 16.1. The standard InChI is InChI=1S/C19H23N3O/c20-14-16(19(23)21-17-7-8-17)13-15-5-9-18(10-6-15)22-11-3-1-2-4-12-22/h5-6,9-10,13,17H,1-4,7-8,11-12H2,(H,21,23)/b16-13+. The van der Waals surface area contributed by atoms with Crippen LogP contribution in [0.3, 0.4) is 0 Å². The smallest absolute Gasteiger partial charge is 0.262 e. The van der Waals surface area contributed by atoms with Gasteiger partial charge in [-0.05, 0) is 49.5 Å². The van der Waals surface area contributed by atoms with Gasteiger partial charge in [-0.3, -0.25) is 4.79 Å². The second kappa shape index (κ2) is 7.32. The molecule has 1 aliphatic carbocycles. The first kappa shape index (κ1) is 15.6. The summed E-state index contributed by atoms with van der Waals surface area (Å²) in [5, 5.41) is 12.1. The molecule has 1 saturated carbocycles. The van der Waals surface area contributed by atoms with Gasteiger partial charge in [0.15, 0.2) is 0 Å². The van der Waals surface area contributed by atoms with Gasteiger partial charge in [0.1, 0.15) is 11.6 Å². The van der Waals surface area contributed by atoms with Crippen molar-refractivity contribution < 1.29 is 4.79 Å². The second-order valence-electron chi connectivity index (χ2n) is 6.41. The number of carbonyl (C=O) groups is 1. The molecule has 1 aromatic carbocycles. The van der Waals surface area contributed by atoms with E-state index in [1.54, 1.807) is 6.08 Å². The second-order valence-corrected chi connectivity index (χ2v) is 6.41. The third-order valence-electron chi connectivity index (χ3n) is 4.45. The molecule has 0 aromatic heterocycles. The summed E-state index contributed by atoms with van der Waals surface area (Å²) < 4.78 is 0. The molecule has 4 heteroatoms. The van der Waals surface area contributed by atoms with Crippen LogP contribution in [0, 0.1) is 11.3 Å². The van der Waals surface area contributed by atoms with Crippen molar-refractivity contribution in [3.8, 4) is 6.07 Å². The predicted octanol–water partition coefficient (Wildman–Crippen LogP) is 3.25. The number of nitrogens with zero attached hydrogens (tertiary/aromatic N) is 2. The molecule has 0 unspecified atom stereocenters. The fourth-order valence-corrected chi connectivity index (χ4v) is 2.92. The third-order valence-corrected chi connectivity index (χ3v) is 4.45. The van der Waals surface area contributed by atoms with Crippen LogP contribution in [-0.2, 0) is 4.79 Å². The molecule has 1 N–H and O–H groups in total. The maximum absolute atomic E-state index is 12.0. The summed E-state index contributed by atoms with van der Waals surface area (Å²) in [5.41, 5.74) is 2.30. The lowest BCUT2D eigenvalue weighted by atomic mass is 10.1. The van der Waals surface area contributed by atoms with Crippen LogP contribution >= 0.6 is 0 Å². The summed E-state index contributed by atoms with van der Waals surface area (Å²) in [7, 11) is 0. The van der Waals surface area contributed by atoms with Gasteiger partial charge in [-0.2, -0.15) is 5.26 Å². The van der Waals surface area contributed by atoms with Crippen LogP contribution in [-0.4, -0.2) is 25.0 Å². The monoisotopic (exact) mass is 309 g/mol. The molecule has 1 saturated heterocycles.